The normalized spacial score (nSPS) is 9.80. The van der Waals surface area contributed by atoms with Gasteiger partial charge in [-0.25, -0.2) is 0 Å². The maximum absolute atomic E-state index is 11.4. The highest BCUT2D eigenvalue weighted by molar-refractivity contribution is 6.00. The van der Waals surface area contributed by atoms with Crippen LogP contribution in [0.15, 0.2) is 30.3 Å². The van der Waals surface area contributed by atoms with Crippen LogP contribution in [0.4, 0.5) is 0 Å². The smallest absolute Gasteiger partial charge is 0.324 e. The number of rotatable bonds is 3. The third kappa shape index (κ3) is 2.56. The second-order valence-corrected chi connectivity index (χ2v) is 2.89. The molecule has 0 radical (unpaired) electrons. The molecule has 0 aliphatic carbocycles. The third-order valence-electron chi connectivity index (χ3n) is 2.01. The lowest BCUT2D eigenvalue weighted by atomic mass is 10.00. The molecule has 0 fully saturated rings. The maximum Gasteiger partial charge on any atom is 0.324 e. The molecule has 0 atom stereocenters. The Labute approximate surface area is 87.8 Å². The summed E-state index contributed by atoms with van der Waals surface area (Å²) < 4.78 is 9.10. The summed E-state index contributed by atoms with van der Waals surface area (Å²) in [6.07, 6.45) is 0. The van der Waals surface area contributed by atoms with Crippen LogP contribution >= 0.6 is 0 Å². The number of ether oxygens (including phenoxy) is 2. The second-order valence-electron chi connectivity index (χ2n) is 2.89. The summed E-state index contributed by atoms with van der Waals surface area (Å²) in [6, 6.07) is 8.65. The molecule has 4 heteroatoms. The molecular weight excluding hydrogens is 196 g/mol. The van der Waals surface area contributed by atoms with E-state index in [0.29, 0.717) is 5.56 Å². The summed E-state index contributed by atoms with van der Waals surface area (Å²) >= 11 is 0. The molecule has 4 nitrogen and oxygen atoms in total. The Morgan fingerprint density at radius 3 is 1.87 bits per heavy atom. The molecule has 1 rings (SSSR count). The molecule has 1 aromatic carbocycles. The zero-order valence-electron chi connectivity index (χ0n) is 8.60. The lowest BCUT2D eigenvalue weighted by molar-refractivity contribution is -0.154. The molecule has 0 unspecified atom stereocenters. The van der Waals surface area contributed by atoms with Gasteiger partial charge in [-0.1, -0.05) is 30.3 Å². The van der Waals surface area contributed by atoms with Crippen LogP contribution in [-0.2, 0) is 19.1 Å². The summed E-state index contributed by atoms with van der Waals surface area (Å²) in [5.41, 5.74) is 0.566. The largest absolute Gasteiger partial charge is 0.468 e. The molecule has 0 saturated carbocycles. The standard InChI is InChI=1S/C11H12O4/c1-14-10(12)9(11(13)15-2)8-6-4-3-5-7-8/h3-7,9H,1-2H3. The first-order valence-electron chi connectivity index (χ1n) is 4.41. The highest BCUT2D eigenvalue weighted by atomic mass is 16.5. The first-order chi connectivity index (χ1) is 7.20. The average molecular weight is 208 g/mol. The zero-order valence-corrected chi connectivity index (χ0v) is 8.60. The molecule has 0 saturated heterocycles. The van der Waals surface area contributed by atoms with Gasteiger partial charge >= 0.3 is 11.9 Å². The van der Waals surface area contributed by atoms with Gasteiger partial charge in [0.25, 0.3) is 0 Å². The van der Waals surface area contributed by atoms with E-state index in [1.54, 1.807) is 30.3 Å². The van der Waals surface area contributed by atoms with Crippen LogP contribution in [0.25, 0.3) is 0 Å². The fraction of sp³-hybridized carbons (Fsp3) is 0.273. The summed E-state index contributed by atoms with van der Waals surface area (Å²) in [5.74, 6) is -2.23. The zero-order chi connectivity index (χ0) is 11.3. The van der Waals surface area contributed by atoms with Crippen molar-refractivity contribution in [3.63, 3.8) is 0 Å². The predicted octanol–water partition coefficient (Wildman–Crippen LogP) is 1.12. The number of methoxy groups -OCH3 is 2. The monoisotopic (exact) mass is 208 g/mol. The molecule has 0 N–H and O–H groups in total. The van der Waals surface area contributed by atoms with E-state index in [2.05, 4.69) is 9.47 Å². The van der Waals surface area contributed by atoms with Crippen LogP contribution in [0.3, 0.4) is 0 Å². The van der Waals surface area contributed by atoms with Gasteiger partial charge in [0.2, 0.25) is 0 Å². The number of carbonyl (C=O) groups is 2. The summed E-state index contributed by atoms with van der Waals surface area (Å²) in [5, 5.41) is 0. The first kappa shape index (κ1) is 11.2. The molecule has 0 spiro atoms. The summed E-state index contributed by atoms with van der Waals surface area (Å²) in [4.78, 5) is 22.8. The van der Waals surface area contributed by atoms with E-state index in [9.17, 15) is 9.59 Å². The van der Waals surface area contributed by atoms with Crippen molar-refractivity contribution in [3.05, 3.63) is 35.9 Å². The van der Waals surface area contributed by atoms with Crippen molar-refractivity contribution in [2.24, 2.45) is 0 Å². The van der Waals surface area contributed by atoms with Crippen molar-refractivity contribution in [2.75, 3.05) is 14.2 Å². The van der Waals surface area contributed by atoms with Crippen molar-refractivity contribution >= 4 is 11.9 Å². The van der Waals surface area contributed by atoms with E-state index in [-0.39, 0.29) is 0 Å². The molecule has 80 valence electrons. The lowest BCUT2D eigenvalue weighted by Gasteiger charge is -2.12. The van der Waals surface area contributed by atoms with E-state index in [4.69, 9.17) is 0 Å². The van der Waals surface area contributed by atoms with Crippen LogP contribution in [0.2, 0.25) is 0 Å². The Balaban J connectivity index is 3.02. The maximum atomic E-state index is 11.4. The highest BCUT2D eigenvalue weighted by Crippen LogP contribution is 2.18. The third-order valence-corrected chi connectivity index (χ3v) is 2.01. The Hall–Kier alpha value is -1.84. The van der Waals surface area contributed by atoms with Crippen molar-refractivity contribution in [3.8, 4) is 0 Å². The number of benzene rings is 1. The van der Waals surface area contributed by atoms with E-state index in [1.165, 1.54) is 14.2 Å². The van der Waals surface area contributed by atoms with E-state index >= 15 is 0 Å². The average Bonchev–Trinajstić information content (AvgIpc) is 2.30. The Kier molecular flexibility index (Phi) is 3.85. The Morgan fingerprint density at radius 2 is 1.47 bits per heavy atom. The van der Waals surface area contributed by atoms with Crippen LogP contribution in [-0.4, -0.2) is 26.2 Å². The van der Waals surface area contributed by atoms with Gasteiger partial charge in [-0.15, -0.1) is 0 Å². The van der Waals surface area contributed by atoms with E-state index in [0.717, 1.165) is 0 Å². The van der Waals surface area contributed by atoms with Gasteiger partial charge in [0.15, 0.2) is 5.92 Å². The minimum atomic E-state index is -0.999. The molecule has 0 bridgehead atoms. The topological polar surface area (TPSA) is 52.6 Å². The molecule has 1 aromatic rings. The fourth-order valence-electron chi connectivity index (χ4n) is 1.25. The quantitative estimate of drug-likeness (QED) is 0.551. The van der Waals surface area contributed by atoms with Crippen LogP contribution in [0.5, 0.6) is 0 Å². The molecule has 0 aromatic heterocycles. The minimum Gasteiger partial charge on any atom is -0.468 e. The van der Waals surface area contributed by atoms with Gasteiger partial charge in [-0.3, -0.25) is 9.59 Å². The number of esters is 2. The molecule has 0 amide bonds. The van der Waals surface area contributed by atoms with Gasteiger partial charge in [-0.2, -0.15) is 0 Å². The van der Waals surface area contributed by atoms with Crippen LogP contribution < -0.4 is 0 Å². The van der Waals surface area contributed by atoms with Crippen molar-refractivity contribution in [2.45, 2.75) is 5.92 Å². The van der Waals surface area contributed by atoms with Gasteiger partial charge in [0, 0.05) is 0 Å². The minimum absolute atomic E-state index is 0.566. The van der Waals surface area contributed by atoms with Gasteiger partial charge in [0.05, 0.1) is 14.2 Å². The molecule has 0 aliphatic heterocycles. The van der Waals surface area contributed by atoms with Crippen molar-refractivity contribution in [1.82, 2.24) is 0 Å². The lowest BCUT2D eigenvalue weighted by Crippen LogP contribution is -2.24. The molecular formula is C11H12O4. The predicted molar refractivity (Wildman–Crippen MR) is 53.2 cm³/mol. The van der Waals surface area contributed by atoms with E-state index in [1.807, 2.05) is 0 Å². The van der Waals surface area contributed by atoms with Gasteiger partial charge in [-0.05, 0) is 5.56 Å². The number of hydrogen-bond acceptors (Lipinski definition) is 4. The van der Waals surface area contributed by atoms with Crippen molar-refractivity contribution < 1.29 is 19.1 Å². The second kappa shape index (κ2) is 5.14. The molecule has 0 aliphatic rings. The fourth-order valence-corrected chi connectivity index (χ4v) is 1.25. The van der Waals surface area contributed by atoms with Crippen LogP contribution in [0, 0.1) is 0 Å². The van der Waals surface area contributed by atoms with E-state index < -0.39 is 17.9 Å². The molecule has 0 heterocycles. The van der Waals surface area contributed by atoms with Crippen molar-refractivity contribution in [1.29, 1.82) is 0 Å². The molecule has 15 heavy (non-hydrogen) atoms. The highest BCUT2D eigenvalue weighted by Gasteiger charge is 2.30. The number of carbonyl (C=O) groups excluding carboxylic acids is 2. The summed E-state index contributed by atoms with van der Waals surface area (Å²) in [6.45, 7) is 0. The van der Waals surface area contributed by atoms with Gasteiger partial charge in [0.1, 0.15) is 0 Å². The summed E-state index contributed by atoms with van der Waals surface area (Å²) in [7, 11) is 2.47. The Bertz CT molecular complexity index is 329. The number of hydrogen-bond donors (Lipinski definition) is 0. The Morgan fingerprint density at radius 1 is 1.00 bits per heavy atom. The van der Waals surface area contributed by atoms with Crippen LogP contribution in [0.1, 0.15) is 11.5 Å². The SMILES string of the molecule is COC(=O)C(C(=O)OC)c1ccccc1. The first-order valence-corrected chi connectivity index (χ1v) is 4.41. The van der Waals surface area contributed by atoms with Gasteiger partial charge < -0.3 is 9.47 Å².